The summed E-state index contributed by atoms with van der Waals surface area (Å²) >= 11 is 0. The molecule has 0 aromatic rings. The molecule has 0 aliphatic carbocycles. The van der Waals surface area contributed by atoms with Crippen LogP contribution in [-0.4, -0.2) is 79.1 Å². The number of nitrogens with one attached hydrogen (secondary N) is 1. The lowest BCUT2D eigenvalue weighted by atomic mass is 10.2. The third-order valence-electron chi connectivity index (χ3n) is 3.00. The van der Waals surface area contributed by atoms with E-state index in [1.807, 2.05) is 0 Å². The van der Waals surface area contributed by atoms with Gasteiger partial charge >= 0.3 is 12.0 Å². The number of piperazine rings is 1. The monoisotopic (exact) mass is 322 g/mol. The van der Waals surface area contributed by atoms with Gasteiger partial charge in [0.1, 0.15) is 6.04 Å². The van der Waals surface area contributed by atoms with Gasteiger partial charge in [-0.1, -0.05) is 0 Å². The van der Waals surface area contributed by atoms with E-state index in [1.54, 1.807) is 0 Å². The fourth-order valence-electron chi connectivity index (χ4n) is 1.86. The number of aliphatic carboxylic acids is 1. The number of rotatable bonds is 5. The molecule has 10 nitrogen and oxygen atoms in total. The molecule has 0 bridgehead atoms. The van der Waals surface area contributed by atoms with E-state index in [-0.39, 0.29) is 26.2 Å². The normalized spacial score (nSPS) is 18.0. The quantitative estimate of drug-likeness (QED) is 0.513. The summed E-state index contributed by atoms with van der Waals surface area (Å²) in [6.45, 7) is 0.559. The van der Waals surface area contributed by atoms with Crippen LogP contribution in [0.4, 0.5) is 4.79 Å². The number of hydrogen-bond acceptors (Lipinski definition) is 5. The molecular weight excluding hydrogens is 304 g/mol. The van der Waals surface area contributed by atoms with E-state index in [4.69, 9.17) is 10.8 Å². The third kappa shape index (κ3) is 5.19. The van der Waals surface area contributed by atoms with Crippen molar-refractivity contribution in [1.29, 1.82) is 0 Å². The number of carbonyl (C=O) groups is 3. The van der Waals surface area contributed by atoms with E-state index >= 15 is 0 Å². The van der Waals surface area contributed by atoms with Gasteiger partial charge in [-0.15, -0.1) is 0 Å². The molecule has 0 radical (unpaired) electrons. The maximum atomic E-state index is 11.9. The molecule has 1 heterocycles. The molecular formula is C10H18N4O6S. The fraction of sp³-hybridized carbons (Fsp3) is 0.700. The Morgan fingerprint density at radius 2 is 1.76 bits per heavy atom. The number of urea groups is 1. The van der Waals surface area contributed by atoms with Crippen molar-refractivity contribution in [3.63, 3.8) is 0 Å². The maximum Gasteiger partial charge on any atom is 0.326 e. The van der Waals surface area contributed by atoms with Crippen LogP contribution in [0.5, 0.6) is 0 Å². The molecule has 0 unspecified atom stereocenters. The molecule has 21 heavy (non-hydrogen) atoms. The van der Waals surface area contributed by atoms with Crippen LogP contribution in [0.15, 0.2) is 0 Å². The lowest BCUT2D eigenvalue weighted by Gasteiger charge is -2.33. The predicted octanol–water partition coefficient (Wildman–Crippen LogP) is -2.40. The van der Waals surface area contributed by atoms with Crippen molar-refractivity contribution in [2.75, 3.05) is 32.4 Å². The Labute approximate surface area is 121 Å². The molecule has 3 amide bonds. The van der Waals surface area contributed by atoms with Crippen LogP contribution in [0.3, 0.4) is 0 Å². The van der Waals surface area contributed by atoms with Gasteiger partial charge < -0.3 is 21.1 Å². The Balaban J connectivity index is 2.57. The van der Waals surface area contributed by atoms with Crippen LogP contribution in [0.1, 0.15) is 6.42 Å². The molecule has 0 aromatic heterocycles. The molecule has 11 heteroatoms. The van der Waals surface area contributed by atoms with E-state index in [9.17, 15) is 22.8 Å². The Hall–Kier alpha value is -1.88. The summed E-state index contributed by atoms with van der Waals surface area (Å²) in [6.07, 6.45) is 0.570. The smallest absolute Gasteiger partial charge is 0.326 e. The molecule has 1 aliphatic heterocycles. The number of carboxylic acids is 1. The summed E-state index contributed by atoms with van der Waals surface area (Å²) in [4.78, 5) is 34.8. The second-order valence-corrected chi connectivity index (χ2v) is 6.64. The van der Waals surface area contributed by atoms with Crippen molar-refractivity contribution in [1.82, 2.24) is 14.5 Å². The van der Waals surface area contributed by atoms with Crippen molar-refractivity contribution < 1.29 is 27.9 Å². The first kappa shape index (κ1) is 17.2. The molecule has 0 spiro atoms. The average molecular weight is 322 g/mol. The summed E-state index contributed by atoms with van der Waals surface area (Å²) in [5, 5.41) is 11.1. The van der Waals surface area contributed by atoms with Crippen molar-refractivity contribution in [3.8, 4) is 0 Å². The highest BCUT2D eigenvalue weighted by Gasteiger charge is 2.29. The zero-order chi connectivity index (χ0) is 16.2. The van der Waals surface area contributed by atoms with Gasteiger partial charge in [-0.2, -0.15) is 4.31 Å². The summed E-state index contributed by atoms with van der Waals surface area (Å²) in [7, 11) is -3.31. The Kier molecular flexibility index (Phi) is 5.49. The topological polar surface area (TPSA) is 150 Å². The molecule has 1 aliphatic rings. The summed E-state index contributed by atoms with van der Waals surface area (Å²) < 4.78 is 23.9. The molecule has 1 saturated heterocycles. The van der Waals surface area contributed by atoms with E-state index in [1.165, 1.54) is 9.21 Å². The summed E-state index contributed by atoms with van der Waals surface area (Å²) in [5.41, 5.74) is 4.91. The van der Waals surface area contributed by atoms with Crippen molar-refractivity contribution >= 4 is 27.9 Å². The van der Waals surface area contributed by atoms with Gasteiger partial charge in [0.15, 0.2) is 0 Å². The molecule has 0 saturated carbocycles. The molecule has 1 rings (SSSR count). The number of hydrogen-bond donors (Lipinski definition) is 3. The molecule has 4 N–H and O–H groups in total. The van der Waals surface area contributed by atoms with Gasteiger partial charge in [0.05, 0.1) is 12.7 Å². The highest BCUT2D eigenvalue weighted by molar-refractivity contribution is 7.88. The van der Waals surface area contributed by atoms with Crippen LogP contribution in [0.2, 0.25) is 0 Å². The standard InChI is InChI=1S/C10H18N4O6S/c1-21(19,20)14-4-2-13(3-5-14)10(18)12-7(9(16)17)6-8(11)15/h7H,2-6H2,1H3,(H2,11,15)(H,12,18)(H,16,17)/t7-/m0/s1. The number of amides is 3. The van der Waals surface area contributed by atoms with Crippen LogP contribution in [-0.2, 0) is 19.6 Å². The van der Waals surface area contributed by atoms with Gasteiger partial charge in [-0.05, 0) is 0 Å². The predicted molar refractivity (Wildman–Crippen MR) is 71.8 cm³/mol. The zero-order valence-electron chi connectivity index (χ0n) is 11.5. The lowest BCUT2D eigenvalue weighted by molar-refractivity contribution is -0.141. The van der Waals surface area contributed by atoms with Crippen LogP contribution < -0.4 is 11.1 Å². The second kappa shape index (κ2) is 6.72. The SMILES string of the molecule is CS(=O)(=O)N1CCN(C(=O)N[C@@H](CC(N)=O)C(=O)O)CC1. The van der Waals surface area contributed by atoms with E-state index in [0.717, 1.165) is 6.26 Å². The Morgan fingerprint density at radius 1 is 1.24 bits per heavy atom. The van der Waals surface area contributed by atoms with Gasteiger partial charge in [-0.25, -0.2) is 18.0 Å². The number of nitrogens with two attached hydrogens (primary N) is 1. The highest BCUT2D eigenvalue weighted by Crippen LogP contribution is 2.06. The van der Waals surface area contributed by atoms with Crippen LogP contribution in [0.25, 0.3) is 0 Å². The first-order chi connectivity index (χ1) is 9.61. The van der Waals surface area contributed by atoms with Crippen molar-refractivity contribution in [2.24, 2.45) is 5.73 Å². The number of primary amides is 1. The Morgan fingerprint density at radius 3 is 2.14 bits per heavy atom. The van der Waals surface area contributed by atoms with Gasteiger partial charge in [0, 0.05) is 26.2 Å². The molecule has 1 fully saturated rings. The van der Waals surface area contributed by atoms with Gasteiger partial charge in [0.25, 0.3) is 0 Å². The largest absolute Gasteiger partial charge is 0.480 e. The van der Waals surface area contributed by atoms with Crippen LogP contribution >= 0.6 is 0 Å². The van der Waals surface area contributed by atoms with Crippen molar-refractivity contribution in [2.45, 2.75) is 12.5 Å². The number of sulfonamides is 1. The van der Waals surface area contributed by atoms with Gasteiger partial charge in [-0.3, -0.25) is 4.79 Å². The number of nitrogens with zero attached hydrogens (tertiary/aromatic N) is 2. The fourth-order valence-corrected chi connectivity index (χ4v) is 2.69. The second-order valence-electron chi connectivity index (χ2n) is 4.66. The van der Waals surface area contributed by atoms with E-state index in [0.29, 0.717) is 0 Å². The highest BCUT2D eigenvalue weighted by atomic mass is 32.2. The number of carboxylic acid groups (broad SMARTS) is 1. The van der Waals surface area contributed by atoms with E-state index < -0.39 is 40.4 Å². The molecule has 1 atom stereocenters. The molecule has 120 valence electrons. The minimum atomic E-state index is -3.31. The minimum absolute atomic E-state index is 0.139. The summed E-state index contributed by atoms with van der Waals surface area (Å²) in [5.74, 6) is -2.21. The third-order valence-corrected chi connectivity index (χ3v) is 4.30. The van der Waals surface area contributed by atoms with Crippen LogP contribution in [0, 0.1) is 0 Å². The number of carbonyl (C=O) groups excluding carboxylic acids is 2. The summed E-state index contributed by atoms with van der Waals surface area (Å²) in [6, 6.07) is -2.07. The maximum absolute atomic E-state index is 11.9. The first-order valence-electron chi connectivity index (χ1n) is 6.13. The van der Waals surface area contributed by atoms with E-state index in [2.05, 4.69) is 5.32 Å². The lowest BCUT2D eigenvalue weighted by Crippen LogP contribution is -2.55. The zero-order valence-corrected chi connectivity index (χ0v) is 12.3. The van der Waals surface area contributed by atoms with Crippen molar-refractivity contribution in [3.05, 3.63) is 0 Å². The Bertz CT molecular complexity index is 526. The minimum Gasteiger partial charge on any atom is -0.480 e. The molecule has 0 aromatic carbocycles. The van der Waals surface area contributed by atoms with Gasteiger partial charge in [0.2, 0.25) is 15.9 Å². The first-order valence-corrected chi connectivity index (χ1v) is 7.97. The average Bonchev–Trinajstić information content (AvgIpc) is 2.36.